The van der Waals surface area contributed by atoms with E-state index in [2.05, 4.69) is 10.6 Å². The van der Waals surface area contributed by atoms with Crippen LogP contribution in [0.25, 0.3) is 0 Å². The van der Waals surface area contributed by atoms with Crippen LogP contribution in [0.15, 0.2) is 0 Å². The van der Waals surface area contributed by atoms with Crippen molar-refractivity contribution in [3.63, 3.8) is 0 Å². The van der Waals surface area contributed by atoms with Gasteiger partial charge in [-0.1, -0.05) is 0 Å². The lowest BCUT2D eigenvalue weighted by Crippen LogP contribution is -2.49. The van der Waals surface area contributed by atoms with E-state index in [4.69, 9.17) is 5.73 Å². The van der Waals surface area contributed by atoms with Crippen molar-refractivity contribution in [3.8, 4) is 0 Å². The third kappa shape index (κ3) is 4.64. The molecule has 104 valence electrons. The Labute approximate surface area is 109 Å². The van der Waals surface area contributed by atoms with Gasteiger partial charge in [0.15, 0.2) is 0 Å². The van der Waals surface area contributed by atoms with Gasteiger partial charge in [-0.05, 0) is 46.5 Å². The Morgan fingerprint density at radius 3 is 2.11 bits per heavy atom. The first-order chi connectivity index (χ1) is 8.40. The van der Waals surface area contributed by atoms with Crippen LogP contribution in [0.1, 0.15) is 46.5 Å². The van der Waals surface area contributed by atoms with Crippen molar-refractivity contribution in [1.29, 1.82) is 0 Å². The van der Waals surface area contributed by atoms with Gasteiger partial charge < -0.3 is 16.4 Å². The van der Waals surface area contributed by atoms with E-state index in [0.29, 0.717) is 6.04 Å². The van der Waals surface area contributed by atoms with Crippen LogP contribution in [0.3, 0.4) is 0 Å². The fourth-order valence-corrected chi connectivity index (χ4v) is 2.38. The Morgan fingerprint density at radius 1 is 1.11 bits per heavy atom. The molecule has 0 spiro atoms. The third-order valence-electron chi connectivity index (χ3n) is 3.44. The van der Waals surface area contributed by atoms with Gasteiger partial charge in [0.1, 0.15) is 0 Å². The van der Waals surface area contributed by atoms with Crippen LogP contribution < -0.4 is 16.4 Å². The van der Waals surface area contributed by atoms with Crippen LogP contribution in [-0.4, -0.2) is 29.9 Å². The minimum atomic E-state index is -0.195. The molecule has 5 nitrogen and oxygen atoms in total. The van der Waals surface area contributed by atoms with Crippen molar-refractivity contribution >= 4 is 11.8 Å². The Bertz CT molecular complexity index is 297. The molecule has 0 bridgehead atoms. The molecule has 2 amide bonds. The summed E-state index contributed by atoms with van der Waals surface area (Å²) in [4.78, 5) is 22.8. The second-order valence-electron chi connectivity index (χ2n) is 5.50. The van der Waals surface area contributed by atoms with E-state index in [9.17, 15) is 9.59 Å². The van der Waals surface area contributed by atoms with Crippen LogP contribution in [0, 0.1) is 5.92 Å². The highest BCUT2D eigenvalue weighted by molar-refractivity contribution is 5.81. The van der Waals surface area contributed by atoms with Crippen molar-refractivity contribution in [2.45, 2.75) is 64.6 Å². The molecule has 1 aliphatic rings. The van der Waals surface area contributed by atoms with E-state index in [0.717, 1.165) is 25.7 Å². The van der Waals surface area contributed by atoms with E-state index in [1.54, 1.807) is 0 Å². The molecule has 1 rings (SSSR count). The highest BCUT2D eigenvalue weighted by Crippen LogP contribution is 2.24. The van der Waals surface area contributed by atoms with Crippen molar-refractivity contribution in [3.05, 3.63) is 0 Å². The quantitative estimate of drug-likeness (QED) is 0.670. The molecule has 0 aliphatic heterocycles. The topological polar surface area (TPSA) is 84.2 Å². The fourth-order valence-electron chi connectivity index (χ4n) is 2.38. The molecule has 0 heterocycles. The van der Waals surface area contributed by atoms with Gasteiger partial charge >= 0.3 is 0 Å². The van der Waals surface area contributed by atoms with Crippen LogP contribution in [0.2, 0.25) is 0 Å². The fraction of sp³-hybridized carbons (Fsp3) is 0.846. The largest absolute Gasteiger partial charge is 0.369 e. The van der Waals surface area contributed by atoms with Crippen molar-refractivity contribution < 1.29 is 9.59 Å². The normalized spacial score (nSPS) is 25.8. The molecule has 5 heteroatoms. The van der Waals surface area contributed by atoms with Gasteiger partial charge in [-0.15, -0.1) is 0 Å². The Hall–Kier alpha value is -1.10. The summed E-state index contributed by atoms with van der Waals surface area (Å²) in [6.45, 7) is 5.77. The lowest BCUT2D eigenvalue weighted by molar-refractivity contribution is -0.124. The summed E-state index contributed by atoms with van der Waals surface area (Å²) >= 11 is 0. The van der Waals surface area contributed by atoms with Crippen molar-refractivity contribution in [1.82, 2.24) is 10.6 Å². The van der Waals surface area contributed by atoms with Crippen molar-refractivity contribution in [2.24, 2.45) is 11.7 Å². The molecule has 4 N–H and O–H groups in total. The monoisotopic (exact) mass is 255 g/mol. The summed E-state index contributed by atoms with van der Waals surface area (Å²) in [5, 5.41) is 6.20. The molecule has 1 fully saturated rings. The number of rotatable bonds is 5. The van der Waals surface area contributed by atoms with Gasteiger partial charge in [-0.3, -0.25) is 9.59 Å². The summed E-state index contributed by atoms with van der Waals surface area (Å²) in [5.74, 6) is -0.149. The van der Waals surface area contributed by atoms with Crippen LogP contribution in [0.5, 0.6) is 0 Å². The molecular weight excluding hydrogens is 230 g/mol. The first-order valence-electron chi connectivity index (χ1n) is 6.76. The first kappa shape index (κ1) is 15.0. The highest BCUT2D eigenvalue weighted by Gasteiger charge is 2.26. The SMILES string of the molecule is CC(C)NC(=O)C(C)NC1CCC(C(N)=O)CC1. The Morgan fingerprint density at radius 2 is 1.67 bits per heavy atom. The molecule has 0 aromatic heterocycles. The maximum absolute atomic E-state index is 11.8. The zero-order valence-corrected chi connectivity index (χ0v) is 11.5. The molecule has 0 aromatic carbocycles. The van der Waals surface area contributed by atoms with E-state index in [1.165, 1.54) is 0 Å². The van der Waals surface area contributed by atoms with E-state index in [1.807, 2.05) is 20.8 Å². The highest BCUT2D eigenvalue weighted by atomic mass is 16.2. The average molecular weight is 255 g/mol. The smallest absolute Gasteiger partial charge is 0.237 e. The molecule has 0 aromatic rings. The Balaban J connectivity index is 2.32. The number of hydrogen-bond acceptors (Lipinski definition) is 3. The molecule has 0 saturated heterocycles. The van der Waals surface area contributed by atoms with Gasteiger partial charge in [-0.2, -0.15) is 0 Å². The number of primary amides is 1. The first-order valence-corrected chi connectivity index (χ1v) is 6.76. The maximum Gasteiger partial charge on any atom is 0.237 e. The minimum Gasteiger partial charge on any atom is -0.369 e. The number of hydrogen-bond donors (Lipinski definition) is 3. The summed E-state index contributed by atoms with van der Waals surface area (Å²) in [7, 11) is 0. The van der Waals surface area contributed by atoms with E-state index in [-0.39, 0.29) is 29.8 Å². The van der Waals surface area contributed by atoms with Gasteiger partial charge in [0.2, 0.25) is 11.8 Å². The molecule has 1 atom stereocenters. The molecule has 18 heavy (non-hydrogen) atoms. The van der Waals surface area contributed by atoms with Crippen LogP contribution in [-0.2, 0) is 9.59 Å². The summed E-state index contributed by atoms with van der Waals surface area (Å²) < 4.78 is 0. The number of amides is 2. The number of nitrogens with one attached hydrogen (secondary N) is 2. The van der Waals surface area contributed by atoms with Crippen LogP contribution >= 0.6 is 0 Å². The second kappa shape index (κ2) is 6.73. The van der Waals surface area contributed by atoms with Crippen LogP contribution in [0.4, 0.5) is 0 Å². The van der Waals surface area contributed by atoms with Gasteiger partial charge in [0.25, 0.3) is 0 Å². The van der Waals surface area contributed by atoms with Crippen molar-refractivity contribution in [2.75, 3.05) is 0 Å². The number of nitrogens with two attached hydrogens (primary N) is 1. The molecule has 1 unspecified atom stereocenters. The van der Waals surface area contributed by atoms with Gasteiger partial charge in [-0.25, -0.2) is 0 Å². The van der Waals surface area contributed by atoms with E-state index < -0.39 is 0 Å². The summed E-state index contributed by atoms with van der Waals surface area (Å²) in [5.41, 5.74) is 5.29. The van der Waals surface area contributed by atoms with Gasteiger partial charge in [0.05, 0.1) is 6.04 Å². The summed E-state index contributed by atoms with van der Waals surface area (Å²) in [6, 6.07) is 0.281. The lowest BCUT2D eigenvalue weighted by Gasteiger charge is -2.29. The third-order valence-corrected chi connectivity index (χ3v) is 3.44. The van der Waals surface area contributed by atoms with Gasteiger partial charge in [0, 0.05) is 18.0 Å². The molecular formula is C13H25N3O2. The Kier molecular flexibility index (Phi) is 5.59. The zero-order chi connectivity index (χ0) is 13.7. The average Bonchev–Trinajstić information content (AvgIpc) is 2.28. The molecule has 1 aliphatic carbocycles. The lowest BCUT2D eigenvalue weighted by atomic mass is 9.85. The minimum absolute atomic E-state index is 0.0165. The number of carbonyl (C=O) groups is 2. The van der Waals surface area contributed by atoms with E-state index >= 15 is 0 Å². The number of carbonyl (C=O) groups excluding carboxylic acids is 2. The molecule has 0 radical (unpaired) electrons. The second-order valence-corrected chi connectivity index (χ2v) is 5.50. The summed E-state index contributed by atoms with van der Waals surface area (Å²) in [6.07, 6.45) is 3.47. The predicted molar refractivity (Wildman–Crippen MR) is 70.8 cm³/mol. The zero-order valence-electron chi connectivity index (χ0n) is 11.5. The predicted octanol–water partition coefficient (Wildman–Crippen LogP) is 0.533. The molecule has 1 saturated carbocycles. The standard InChI is InChI=1S/C13H25N3O2/c1-8(2)15-13(18)9(3)16-11-6-4-10(5-7-11)12(14)17/h8-11,16H,4-7H2,1-3H3,(H2,14,17)(H,15,18). The maximum atomic E-state index is 11.8.